The van der Waals surface area contributed by atoms with E-state index < -0.39 is 9.84 Å². The average Bonchev–Trinajstić information content (AvgIpc) is 2.85. The van der Waals surface area contributed by atoms with Crippen LogP contribution in [-0.4, -0.2) is 52.2 Å². The molecule has 23 heavy (non-hydrogen) atoms. The van der Waals surface area contributed by atoms with Gasteiger partial charge >= 0.3 is 0 Å². The summed E-state index contributed by atoms with van der Waals surface area (Å²) in [5.74, 6) is 0.235. The second-order valence-corrected chi connectivity index (χ2v) is 8.69. The first-order valence-electron chi connectivity index (χ1n) is 7.82. The highest BCUT2D eigenvalue weighted by atomic mass is 32.2. The van der Waals surface area contributed by atoms with E-state index >= 15 is 0 Å². The fraction of sp³-hybridized carbons (Fsp3) is 0.500. The zero-order chi connectivity index (χ0) is 16.4. The van der Waals surface area contributed by atoms with Crippen LogP contribution in [0.3, 0.4) is 0 Å². The van der Waals surface area contributed by atoms with E-state index in [2.05, 4.69) is 15.0 Å². The maximum atomic E-state index is 12.0. The molecule has 0 unspecified atom stereocenters. The van der Waals surface area contributed by atoms with Crippen molar-refractivity contribution in [3.8, 4) is 11.3 Å². The molecular weight excluding hydrogens is 312 g/mol. The third-order valence-electron chi connectivity index (χ3n) is 4.41. The summed E-state index contributed by atoms with van der Waals surface area (Å²) in [5.41, 5.74) is 3.09. The molecule has 1 aliphatic rings. The van der Waals surface area contributed by atoms with Gasteiger partial charge in [0, 0.05) is 49.9 Å². The van der Waals surface area contributed by atoms with Crippen molar-refractivity contribution in [2.45, 2.75) is 25.1 Å². The van der Waals surface area contributed by atoms with Gasteiger partial charge in [0.15, 0.2) is 9.84 Å². The Balaban J connectivity index is 1.81. The average molecular weight is 334 g/mol. The molecule has 6 nitrogen and oxygen atoms in total. The predicted molar refractivity (Wildman–Crippen MR) is 89.6 cm³/mol. The van der Waals surface area contributed by atoms with E-state index in [4.69, 9.17) is 0 Å². The van der Waals surface area contributed by atoms with E-state index in [9.17, 15) is 8.42 Å². The van der Waals surface area contributed by atoms with Crippen LogP contribution in [0.2, 0.25) is 0 Å². The molecule has 7 heteroatoms. The summed E-state index contributed by atoms with van der Waals surface area (Å²) in [7, 11) is -1.05. The van der Waals surface area contributed by atoms with E-state index in [1.807, 2.05) is 37.0 Å². The molecule has 2 aromatic heterocycles. The summed E-state index contributed by atoms with van der Waals surface area (Å²) < 4.78 is 25.9. The van der Waals surface area contributed by atoms with Crippen LogP contribution >= 0.6 is 0 Å². The van der Waals surface area contributed by atoms with Crippen molar-refractivity contribution in [1.82, 2.24) is 19.7 Å². The Morgan fingerprint density at radius 2 is 2.00 bits per heavy atom. The highest BCUT2D eigenvalue weighted by Gasteiger charge is 2.26. The van der Waals surface area contributed by atoms with Crippen molar-refractivity contribution < 1.29 is 8.42 Å². The number of nitrogens with zero attached hydrogens (tertiary/aromatic N) is 4. The van der Waals surface area contributed by atoms with E-state index in [1.54, 1.807) is 12.4 Å². The lowest BCUT2D eigenvalue weighted by atomic mass is 10.1. The SMILES string of the molecule is C[C@H]1CCN(Cc2cn(C)nc2-c2ccncc2)CCS1(=O)=O. The van der Waals surface area contributed by atoms with Gasteiger partial charge in [-0.05, 0) is 32.0 Å². The molecule has 0 N–H and O–H groups in total. The lowest BCUT2D eigenvalue weighted by Crippen LogP contribution is -2.26. The standard InChI is InChI=1S/C16H22N4O2S/c1-13-5-8-20(9-10-23(13,21)22)12-15-11-19(2)18-16(15)14-3-6-17-7-4-14/h3-4,6-7,11,13H,5,8-10,12H2,1-2H3/t13-/m0/s1. The van der Waals surface area contributed by atoms with Crippen LogP contribution in [0.4, 0.5) is 0 Å². The summed E-state index contributed by atoms with van der Waals surface area (Å²) in [5, 5.41) is 4.31. The van der Waals surface area contributed by atoms with Crippen LogP contribution in [0.1, 0.15) is 18.9 Å². The van der Waals surface area contributed by atoms with E-state index in [0.717, 1.165) is 23.4 Å². The number of hydrogen-bond acceptors (Lipinski definition) is 5. The smallest absolute Gasteiger partial charge is 0.154 e. The van der Waals surface area contributed by atoms with Crippen molar-refractivity contribution in [1.29, 1.82) is 0 Å². The van der Waals surface area contributed by atoms with Crippen LogP contribution in [0, 0.1) is 0 Å². The fourth-order valence-corrected chi connectivity index (χ4v) is 4.30. The van der Waals surface area contributed by atoms with Crippen molar-refractivity contribution >= 4 is 9.84 Å². The van der Waals surface area contributed by atoms with Gasteiger partial charge in [0.1, 0.15) is 0 Å². The number of hydrogen-bond donors (Lipinski definition) is 0. The molecular formula is C16H22N4O2S. The van der Waals surface area contributed by atoms with Crippen molar-refractivity contribution in [3.05, 3.63) is 36.3 Å². The van der Waals surface area contributed by atoms with Gasteiger partial charge in [-0.25, -0.2) is 8.42 Å². The molecule has 0 radical (unpaired) electrons. The molecule has 0 aromatic carbocycles. The second-order valence-electron chi connectivity index (χ2n) is 6.15. The molecule has 3 heterocycles. The second kappa shape index (κ2) is 6.41. The first-order valence-corrected chi connectivity index (χ1v) is 9.54. The Labute approximate surface area is 137 Å². The van der Waals surface area contributed by atoms with Crippen LogP contribution in [0.15, 0.2) is 30.7 Å². The molecule has 0 spiro atoms. The number of rotatable bonds is 3. The molecule has 124 valence electrons. The van der Waals surface area contributed by atoms with E-state index in [-0.39, 0.29) is 11.0 Å². The predicted octanol–water partition coefficient (Wildman–Crippen LogP) is 1.49. The van der Waals surface area contributed by atoms with Gasteiger partial charge in [-0.15, -0.1) is 0 Å². The number of sulfone groups is 1. The molecule has 2 aromatic rings. The summed E-state index contributed by atoms with van der Waals surface area (Å²) in [6, 6.07) is 3.89. The van der Waals surface area contributed by atoms with Crippen LogP contribution in [-0.2, 0) is 23.4 Å². The molecule has 0 bridgehead atoms. The summed E-state index contributed by atoms with van der Waals surface area (Å²) in [6.45, 7) is 3.90. The lowest BCUT2D eigenvalue weighted by Gasteiger charge is -2.19. The highest BCUT2D eigenvalue weighted by Crippen LogP contribution is 2.23. The minimum absolute atomic E-state index is 0.235. The monoisotopic (exact) mass is 334 g/mol. The molecule has 1 fully saturated rings. The van der Waals surface area contributed by atoms with Gasteiger partial charge < -0.3 is 0 Å². The largest absolute Gasteiger partial charge is 0.298 e. The lowest BCUT2D eigenvalue weighted by molar-refractivity contribution is 0.284. The normalized spacial score (nSPS) is 21.9. The van der Waals surface area contributed by atoms with Crippen molar-refractivity contribution in [2.24, 2.45) is 7.05 Å². The topological polar surface area (TPSA) is 68.1 Å². The fourth-order valence-electron chi connectivity index (χ4n) is 2.92. The number of pyridine rings is 1. The number of aromatic nitrogens is 3. The van der Waals surface area contributed by atoms with Gasteiger partial charge in [0.05, 0.1) is 16.7 Å². The van der Waals surface area contributed by atoms with Crippen molar-refractivity contribution in [2.75, 3.05) is 18.8 Å². The molecule has 3 rings (SSSR count). The molecule has 1 atom stereocenters. The van der Waals surface area contributed by atoms with Crippen molar-refractivity contribution in [3.63, 3.8) is 0 Å². The molecule has 1 saturated heterocycles. The zero-order valence-corrected chi connectivity index (χ0v) is 14.3. The zero-order valence-electron chi connectivity index (χ0n) is 13.5. The summed E-state index contributed by atoms with van der Waals surface area (Å²) in [6.07, 6.45) is 6.22. The Bertz CT molecular complexity index is 771. The van der Waals surface area contributed by atoms with Gasteiger partial charge in [0.25, 0.3) is 0 Å². The van der Waals surface area contributed by atoms with Crippen LogP contribution in [0.5, 0.6) is 0 Å². The Hall–Kier alpha value is -1.73. The van der Waals surface area contributed by atoms with Gasteiger partial charge in [-0.2, -0.15) is 5.10 Å². The quantitative estimate of drug-likeness (QED) is 0.851. The minimum Gasteiger partial charge on any atom is -0.298 e. The summed E-state index contributed by atoms with van der Waals surface area (Å²) >= 11 is 0. The first-order chi connectivity index (χ1) is 11.0. The third kappa shape index (κ3) is 3.61. The van der Waals surface area contributed by atoms with E-state index in [1.165, 1.54) is 0 Å². The molecule has 0 aliphatic carbocycles. The van der Waals surface area contributed by atoms with Crippen LogP contribution < -0.4 is 0 Å². The third-order valence-corrected chi connectivity index (χ3v) is 6.62. The first kappa shape index (κ1) is 16.1. The molecule has 1 aliphatic heterocycles. The maximum absolute atomic E-state index is 12.0. The van der Waals surface area contributed by atoms with Gasteiger partial charge in [-0.3, -0.25) is 14.6 Å². The molecule has 0 saturated carbocycles. The maximum Gasteiger partial charge on any atom is 0.154 e. The van der Waals surface area contributed by atoms with E-state index in [0.29, 0.717) is 19.5 Å². The Morgan fingerprint density at radius 3 is 2.74 bits per heavy atom. The van der Waals surface area contributed by atoms with Gasteiger partial charge in [0.2, 0.25) is 0 Å². The highest BCUT2D eigenvalue weighted by molar-refractivity contribution is 7.92. The van der Waals surface area contributed by atoms with Crippen LogP contribution in [0.25, 0.3) is 11.3 Å². The van der Waals surface area contributed by atoms with Gasteiger partial charge in [-0.1, -0.05) is 0 Å². The summed E-state index contributed by atoms with van der Waals surface area (Å²) in [4.78, 5) is 6.26. The Morgan fingerprint density at radius 1 is 1.26 bits per heavy atom. The minimum atomic E-state index is -2.95. The Kier molecular flexibility index (Phi) is 4.50. The number of aryl methyl sites for hydroxylation is 1. The molecule has 0 amide bonds.